The number of imidazole rings is 1. The van der Waals surface area contributed by atoms with E-state index in [0.29, 0.717) is 17.6 Å². The van der Waals surface area contributed by atoms with Gasteiger partial charge in [0.05, 0.1) is 12.0 Å². The lowest BCUT2D eigenvalue weighted by Crippen LogP contribution is -2.40. The first-order chi connectivity index (χ1) is 13.9. The lowest BCUT2D eigenvalue weighted by molar-refractivity contribution is 0.262. The van der Waals surface area contributed by atoms with Crippen molar-refractivity contribution in [3.05, 3.63) is 44.7 Å². The molecule has 29 heavy (non-hydrogen) atoms. The van der Waals surface area contributed by atoms with E-state index in [4.69, 9.17) is 4.52 Å². The molecule has 4 rings (SSSR count). The molecule has 1 aliphatic carbocycles. The number of aryl methyl sites for hydroxylation is 4. The fourth-order valence-electron chi connectivity index (χ4n) is 4.58. The first kappa shape index (κ1) is 19.7. The van der Waals surface area contributed by atoms with Crippen molar-refractivity contribution in [3.8, 4) is 0 Å². The minimum absolute atomic E-state index is 0.263. The van der Waals surface area contributed by atoms with Crippen LogP contribution in [-0.4, -0.2) is 23.8 Å². The van der Waals surface area contributed by atoms with E-state index in [9.17, 15) is 9.59 Å². The van der Waals surface area contributed by atoms with Gasteiger partial charge in [-0.2, -0.15) is 0 Å². The molecule has 0 radical (unpaired) electrons. The Morgan fingerprint density at radius 2 is 2.03 bits per heavy atom. The molecule has 0 amide bonds. The van der Waals surface area contributed by atoms with Gasteiger partial charge in [-0.3, -0.25) is 13.9 Å². The zero-order chi connectivity index (χ0) is 20.5. The van der Waals surface area contributed by atoms with Crippen molar-refractivity contribution < 1.29 is 4.52 Å². The molecule has 0 bridgehead atoms. The van der Waals surface area contributed by atoms with Crippen LogP contribution in [0.15, 0.2) is 26.5 Å². The molecule has 0 aromatic carbocycles. The van der Waals surface area contributed by atoms with E-state index < -0.39 is 0 Å². The molecular formula is C21H29N5O3. The number of nitrogens with zero attached hydrogens (tertiary/aromatic N) is 5. The molecule has 8 nitrogen and oxygen atoms in total. The molecule has 3 aromatic rings. The maximum Gasteiger partial charge on any atom is 0.332 e. The zero-order valence-electron chi connectivity index (χ0n) is 17.4. The maximum atomic E-state index is 12.8. The molecule has 1 fully saturated rings. The van der Waals surface area contributed by atoms with E-state index >= 15 is 0 Å². The Kier molecular flexibility index (Phi) is 5.43. The summed E-state index contributed by atoms with van der Waals surface area (Å²) in [7, 11) is 3.39. The Balaban J connectivity index is 1.43. The second-order valence-corrected chi connectivity index (χ2v) is 8.54. The van der Waals surface area contributed by atoms with E-state index in [1.54, 1.807) is 25.0 Å². The van der Waals surface area contributed by atoms with E-state index in [1.807, 2.05) is 6.07 Å². The zero-order valence-corrected chi connectivity index (χ0v) is 17.4. The third kappa shape index (κ3) is 3.93. The van der Waals surface area contributed by atoms with Crippen LogP contribution >= 0.6 is 0 Å². The molecule has 1 aliphatic rings. The summed E-state index contributed by atoms with van der Waals surface area (Å²) in [5, 5.41) is 4.14. The van der Waals surface area contributed by atoms with Gasteiger partial charge >= 0.3 is 5.69 Å². The van der Waals surface area contributed by atoms with E-state index in [-0.39, 0.29) is 17.8 Å². The predicted molar refractivity (Wildman–Crippen MR) is 110 cm³/mol. The van der Waals surface area contributed by atoms with Crippen molar-refractivity contribution in [3.63, 3.8) is 0 Å². The topological polar surface area (TPSA) is 87.9 Å². The summed E-state index contributed by atoms with van der Waals surface area (Å²) in [6.07, 6.45) is 9.36. The SMILES string of the molecule is C[C@H]1CCC[C@@H](CCc2cc(CCn3c(=O)c4c(ncn4C)n(C)c3=O)no2)C1. The van der Waals surface area contributed by atoms with Gasteiger partial charge in [0.2, 0.25) is 0 Å². The summed E-state index contributed by atoms with van der Waals surface area (Å²) >= 11 is 0. The van der Waals surface area contributed by atoms with Crippen molar-refractivity contribution in [1.29, 1.82) is 0 Å². The summed E-state index contributed by atoms with van der Waals surface area (Å²) < 4.78 is 9.81. The van der Waals surface area contributed by atoms with Crippen molar-refractivity contribution >= 4 is 11.2 Å². The fraction of sp³-hybridized carbons (Fsp3) is 0.619. The van der Waals surface area contributed by atoms with Gasteiger partial charge in [-0.1, -0.05) is 31.3 Å². The van der Waals surface area contributed by atoms with Crippen LogP contribution in [0.3, 0.4) is 0 Å². The van der Waals surface area contributed by atoms with Crippen molar-refractivity contribution in [2.24, 2.45) is 25.9 Å². The number of hydrogen-bond acceptors (Lipinski definition) is 5. The van der Waals surface area contributed by atoms with E-state index in [1.165, 1.54) is 34.8 Å². The Hall–Kier alpha value is -2.64. The molecule has 2 atom stereocenters. The molecule has 0 N–H and O–H groups in total. The minimum atomic E-state index is -0.365. The normalized spacial score (nSPS) is 19.8. The second-order valence-electron chi connectivity index (χ2n) is 8.54. The van der Waals surface area contributed by atoms with Crippen LogP contribution in [-0.2, 0) is 33.5 Å². The van der Waals surface area contributed by atoms with Crippen LogP contribution in [0.4, 0.5) is 0 Å². The Bertz CT molecular complexity index is 1120. The summed E-state index contributed by atoms with van der Waals surface area (Å²) in [4.78, 5) is 29.5. The van der Waals surface area contributed by atoms with E-state index in [2.05, 4.69) is 17.1 Å². The molecule has 0 spiro atoms. The van der Waals surface area contributed by atoms with Gasteiger partial charge in [-0.25, -0.2) is 9.78 Å². The maximum absolute atomic E-state index is 12.8. The van der Waals surface area contributed by atoms with Crippen molar-refractivity contribution in [2.45, 2.75) is 58.4 Å². The lowest BCUT2D eigenvalue weighted by Gasteiger charge is -2.26. The second kappa shape index (κ2) is 8.00. The largest absolute Gasteiger partial charge is 0.361 e. The summed E-state index contributed by atoms with van der Waals surface area (Å²) in [5.41, 5.74) is 0.916. The molecular weight excluding hydrogens is 370 g/mol. The molecule has 3 heterocycles. The lowest BCUT2D eigenvalue weighted by atomic mass is 9.80. The van der Waals surface area contributed by atoms with Crippen LogP contribution < -0.4 is 11.2 Å². The Morgan fingerprint density at radius 3 is 2.83 bits per heavy atom. The van der Waals surface area contributed by atoms with Gasteiger partial charge < -0.3 is 9.09 Å². The molecule has 3 aromatic heterocycles. The number of hydrogen-bond donors (Lipinski definition) is 0. The summed E-state index contributed by atoms with van der Waals surface area (Å²) in [6.45, 7) is 2.60. The van der Waals surface area contributed by atoms with Crippen molar-refractivity contribution in [2.75, 3.05) is 0 Å². The summed E-state index contributed by atoms with van der Waals surface area (Å²) in [6, 6.07) is 1.96. The minimum Gasteiger partial charge on any atom is -0.361 e. The van der Waals surface area contributed by atoms with Crippen LogP contribution in [0.2, 0.25) is 0 Å². The summed E-state index contributed by atoms with van der Waals surface area (Å²) in [5.74, 6) is 2.50. The van der Waals surface area contributed by atoms with Crippen LogP contribution in [0, 0.1) is 11.8 Å². The van der Waals surface area contributed by atoms with Gasteiger partial charge in [-0.05, 0) is 24.7 Å². The van der Waals surface area contributed by atoms with Gasteiger partial charge in [0, 0.05) is 39.5 Å². The molecule has 0 aliphatic heterocycles. The number of rotatable bonds is 6. The van der Waals surface area contributed by atoms with Crippen molar-refractivity contribution in [1.82, 2.24) is 23.8 Å². The Morgan fingerprint density at radius 1 is 1.21 bits per heavy atom. The van der Waals surface area contributed by atoms with Crippen LogP contribution in [0.1, 0.15) is 50.5 Å². The van der Waals surface area contributed by atoms with Gasteiger partial charge in [0.15, 0.2) is 11.2 Å². The molecule has 156 valence electrons. The predicted octanol–water partition coefficient (Wildman–Crippen LogP) is 2.42. The van der Waals surface area contributed by atoms with Gasteiger partial charge in [0.25, 0.3) is 5.56 Å². The number of aromatic nitrogens is 5. The third-order valence-corrected chi connectivity index (χ3v) is 6.24. The van der Waals surface area contributed by atoms with E-state index in [0.717, 1.165) is 36.1 Å². The highest BCUT2D eigenvalue weighted by atomic mass is 16.5. The average Bonchev–Trinajstić information content (AvgIpc) is 3.31. The van der Waals surface area contributed by atoms with Gasteiger partial charge in [0.1, 0.15) is 5.76 Å². The highest BCUT2D eigenvalue weighted by molar-refractivity contribution is 5.69. The van der Waals surface area contributed by atoms with Crippen LogP contribution in [0.25, 0.3) is 11.2 Å². The Labute approximate surface area is 169 Å². The fourth-order valence-corrected chi connectivity index (χ4v) is 4.58. The quantitative estimate of drug-likeness (QED) is 0.635. The molecule has 1 saturated carbocycles. The smallest absolute Gasteiger partial charge is 0.332 e. The first-order valence-corrected chi connectivity index (χ1v) is 10.5. The number of fused-ring (bicyclic) bond motifs is 1. The third-order valence-electron chi connectivity index (χ3n) is 6.24. The monoisotopic (exact) mass is 399 g/mol. The van der Waals surface area contributed by atoms with Crippen LogP contribution in [0.5, 0.6) is 0 Å². The highest BCUT2D eigenvalue weighted by Crippen LogP contribution is 2.31. The highest BCUT2D eigenvalue weighted by Gasteiger charge is 2.19. The molecule has 0 saturated heterocycles. The standard InChI is InChI=1S/C21H29N5O3/c1-14-5-4-6-15(11-14)7-8-17-12-16(23-29-17)9-10-26-20(27)18-19(22-13-24(18)2)25(3)21(26)28/h12-15H,4-11H2,1-3H3/t14-,15-/m0/s1. The van der Waals surface area contributed by atoms with Gasteiger partial charge in [-0.15, -0.1) is 0 Å². The first-order valence-electron chi connectivity index (χ1n) is 10.5. The average molecular weight is 399 g/mol. The molecule has 8 heteroatoms. The molecule has 0 unspecified atom stereocenters.